The van der Waals surface area contributed by atoms with Gasteiger partial charge < -0.3 is 24.2 Å². The molecule has 252 valence electrons. The Kier molecular flexibility index (Phi) is 10.7. The fourth-order valence-electron chi connectivity index (χ4n) is 5.78. The molecule has 2 aromatic heterocycles. The van der Waals surface area contributed by atoms with E-state index in [9.17, 15) is 18.8 Å². The highest BCUT2D eigenvalue weighted by Gasteiger charge is 2.42. The van der Waals surface area contributed by atoms with Gasteiger partial charge in [-0.1, -0.05) is 31.2 Å². The predicted molar refractivity (Wildman–Crippen MR) is 175 cm³/mol. The van der Waals surface area contributed by atoms with Crippen LogP contribution >= 0.6 is 11.3 Å². The van der Waals surface area contributed by atoms with Crippen molar-refractivity contribution in [1.82, 2.24) is 34.7 Å². The molecule has 2 saturated heterocycles. The molecule has 0 saturated carbocycles. The van der Waals surface area contributed by atoms with E-state index in [0.29, 0.717) is 44.3 Å². The summed E-state index contributed by atoms with van der Waals surface area (Å²) in [7, 11) is 0. The van der Waals surface area contributed by atoms with Crippen LogP contribution in [0.5, 0.6) is 0 Å². The second kappa shape index (κ2) is 14.7. The third-order valence-electron chi connectivity index (χ3n) is 7.84. The Morgan fingerprint density at radius 3 is 2.53 bits per heavy atom. The van der Waals surface area contributed by atoms with Gasteiger partial charge in [0.25, 0.3) is 5.91 Å². The smallest absolute Gasteiger partial charge is 0.410 e. The van der Waals surface area contributed by atoms with Gasteiger partial charge in [0, 0.05) is 44.3 Å². The molecule has 0 N–H and O–H groups in total. The van der Waals surface area contributed by atoms with Crippen molar-refractivity contribution in [3.05, 3.63) is 58.1 Å². The number of para-hydroxylation sites is 1. The minimum Gasteiger partial charge on any atom is -0.444 e. The van der Waals surface area contributed by atoms with Crippen LogP contribution in [0.1, 0.15) is 62.2 Å². The molecule has 3 amide bonds. The minimum atomic E-state index is -0.745. The molecule has 2 aliphatic heterocycles. The number of carbonyl (C=O) groups excluding carboxylic acids is 3. The number of thiazole rings is 1. The number of nitrogens with zero attached hydrogens (tertiary/aromatic N) is 7. The number of carbonyl (C=O) groups is 3. The quantitative estimate of drug-likeness (QED) is 0.341. The van der Waals surface area contributed by atoms with E-state index in [4.69, 9.17) is 9.47 Å². The maximum Gasteiger partial charge on any atom is 0.410 e. The molecule has 2 fully saturated rings. The van der Waals surface area contributed by atoms with Crippen LogP contribution in [0.2, 0.25) is 0 Å². The number of benzene rings is 1. The Labute approximate surface area is 278 Å². The van der Waals surface area contributed by atoms with Crippen molar-refractivity contribution in [1.29, 1.82) is 0 Å². The van der Waals surface area contributed by atoms with E-state index in [-0.39, 0.29) is 42.0 Å². The standard InChI is InChI=1S/C33H42FN7O5S/c1-22(2)19-40(24-18-23(30(42)38-13-15-45-16-14-38)20-39(21-24)32(44)46-33(3,4)5)31(43)29-27(10-11-28-35-12-17-47-28)41(37-36-29)26-9-7-6-8-25(26)34/h6-12,17,22-24H,13-16,18-21H2,1-5H3/t23-,24?/m1/s1. The number of ether oxygens (including phenoxy) is 2. The van der Waals surface area contributed by atoms with E-state index >= 15 is 0 Å². The van der Waals surface area contributed by atoms with Crippen LogP contribution in [-0.4, -0.2) is 110 Å². The molecule has 12 nitrogen and oxygen atoms in total. The molecule has 1 unspecified atom stereocenters. The Morgan fingerprint density at radius 2 is 1.87 bits per heavy atom. The van der Waals surface area contributed by atoms with Crippen LogP contribution in [0.15, 0.2) is 35.8 Å². The molecular formula is C33H42FN7O5S. The first kappa shape index (κ1) is 34.2. The molecule has 3 aromatic rings. The van der Waals surface area contributed by atoms with Gasteiger partial charge in [0.05, 0.1) is 25.2 Å². The Morgan fingerprint density at radius 1 is 1.13 bits per heavy atom. The van der Waals surface area contributed by atoms with Crippen molar-refractivity contribution >= 4 is 41.4 Å². The minimum absolute atomic E-state index is 0.0205. The maximum absolute atomic E-state index is 15.0. The van der Waals surface area contributed by atoms with Gasteiger partial charge in [0.15, 0.2) is 5.69 Å². The van der Waals surface area contributed by atoms with Crippen molar-refractivity contribution in [3.8, 4) is 5.69 Å². The zero-order valence-electron chi connectivity index (χ0n) is 27.5. The molecule has 47 heavy (non-hydrogen) atoms. The van der Waals surface area contributed by atoms with Crippen molar-refractivity contribution in [2.24, 2.45) is 11.8 Å². The molecule has 4 heterocycles. The fourth-order valence-corrected chi connectivity index (χ4v) is 6.31. The highest BCUT2D eigenvalue weighted by molar-refractivity contribution is 7.10. The van der Waals surface area contributed by atoms with Crippen LogP contribution in [0.3, 0.4) is 0 Å². The largest absolute Gasteiger partial charge is 0.444 e. The van der Waals surface area contributed by atoms with Gasteiger partial charge in [-0.05, 0) is 57.4 Å². The van der Waals surface area contributed by atoms with Gasteiger partial charge in [-0.25, -0.2) is 18.9 Å². The van der Waals surface area contributed by atoms with E-state index in [1.54, 1.807) is 67.1 Å². The molecule has 0 aliphatic carbocycles. The summed E-state index contributed by atoms with van der Waals surface area (Å²) in [6.07, 6.45) is 4.86. The van der Waals surface area contributed by atoms with Crippen molar-refractivity contribution in [3.63, 3.8) is 0 Å². The lowest BCUT2D eigenvalue weighted by Gasteiger charge is -2.44. The van der Waals surface area contributed by atoms with Crippen LogP contribution in [0, 0.1) is 17.7 Å². The summed E-state index contributed by atoms with van der Waals surface area (Å²) in [4.78, 5) is 51.1. The summed E-state index contributed by atoms with van der Waals surface area (Å²) in [6, 6.07) is 5.60. The third kappa shape index (κ3) is 8.41. The highest BCUT2D eigenvalue weighted by atomic mass is 32.1. The topological polar surface area (TPSA) is 123 Å². The monoisotopic (exact) mass is 667 g/mol. The number of likely N-dealkylation sites (tertiary alicyclic amines) is 1. The number of amides is 3. The lowest BCUT2D eigenvalue weighted by molar-refractivity contribution is -0.142. The molecular weight excluding hydrogens is 625 g/mol. The lowest BCUT2D eigenvalue weighted by atomic mass is 9.91. The van der Waals surface area contributed by atoms with E-state index in [0.717, 1.165) is 0 Å². The molecule has 1 aromatic carbocycles. The normalized spacial score (nSPS) is 19.0. The summed E-state index contributed by atoms with van der Waals surface area (Å²) in [6.45, 7) is 11.9. The number of hydrogen-bond donors (Lipinski definition) is 0. The summed E-state index contributed by atoms with van der Waals surface area (Å²) < 4.78 is 27.5. The van der Waals surface area contributed by atoms with Gasteiger partial charge in [0.1, 0.15) is 27.8 Å². The lowest BCUT2D eigenvalue weighted by Crippen LogP contribution is -2.58. The molecule has 0 radical (unpaired) electrons. The average molecular weight is 668 g/mol. The summed E-state index contributed by atoms with van der Waals surface area (Å²) >= 11 is 1.41. The van der Waals surface area contributed by atoms with Gasteiger partial charge in [-0.15, -0.1) is 16.4 Å². The van der Waals surface area contributed by atoms with Crippen molar-refractivity contribution in [2.75, 3.05) is 45.9 Å². The maximum atomic E-state index is 15.0. The second-order valence-corrected chi connectivity index (χ2v) is 14.1. The molecule has 0 bridgehead atoms. The van der Waals surface area contributed by atoms with Crippen molar-refractivity contribution < 1.29 is 28.2 Å². The van der Waals surface area contributed by atoms with Crippen LogP contribution in [0.4, 0.5) is 9.18 Å². The van der Waals surface area contributed by atoms with Gasteiger partial charge in [-0.3, -0.25) is 9.59 Å². The van der Waals surface area contributed by atoms with Crippen LogP contribution < -0.4 is 0 Å². The number of piperidine rings is 1. The Hall–Kier alpha value is -4.17. The van der Waals surface area contributed by atoms with Gasteiger partial charge >= 0.3 is 6.09 Å². The molecule has 0 spiro atoms. The molecule has 2 atom stereocenters. The summed E-state index contributed by atoms with van der Waals surface area (Å²) in [5.74, 6) is -1.56. The van der Waals surface area contributed by atoms with E-state index in [1.807, 2.05) is 19.2 Å². The first-order chi connectivity index (χ1) is 22.4. The van der Waals surface area contributed by atoms with E-state index in [2.05, 4.69) is 15.3 Å². The highest BCUT2D eigenvalue weighted by Crippen LogP contribution is 2.28. The number of rotatable bonds is 8. The average Bonchev–Trinajstić information content (AvgIpc) is 3.72. The SMILES string of the molecule is CC(C)CN(C(=O)c1nnn(-c2ccccc2F)c1C=Cc1nccs1)C1C[C@@H](C(=O)N2CCOCC2)CN(C(=O)OC(C)(C)C)C1. The van der Waals surface area contributed by atoms with Crippen LogP contribution in [-0.2, 0) is 14.3 Å². The zero-order valence-corrected chi connectivity index (χ0v) is 28.3. The summed E-state index contributed by atoms with van der Waals surface area (Å²) in [5.41, 5.74) is -0.305. The molecule has 14 heteroatoms. The first-order valence-corrected chi connectivity index (χ1v) is 16.7. The van der Waals surface area contributed by atoms with E-state index in [1.165, 1.54) is 27.0 Å². The van der Waals surface area contributed by atoms with Gasteiger partial charge in [-0.2, -0.15) is 0 Å². The first-order valence-electron chi connectivity index (χ1n) is 15.8. The second-order valence-electron chi connectivity index (χ2n) is 13.2. The Bertz CT molecular complexity index is 1580. The molecule has 5 rings (SSSR count). The number of hydrogen-bond acceptors (Lipinski definition) is 9. The van der Waals surface area contributed by atoms with Crippen molar-refractivity contribution in [2.45, 2.75) is 52.7 Å². The Balaban J connectivity index is 1.53. The van der Waals surface area contributed by atoms with Gasteiger partial charge in [0.2, 0.25) is 5.91 Å². The number of halogens is 1. The predicted octanol–water partition coefficient (Wildman–Crippen LogP) is 4.62. The fraction of sp³-hybridized carbons (Fsp3) is 0.515. The zero-order chi connectivity index (χ0) is 33.7. The van der Waals surface area contributed by atoms with Crippen LogP contribution in [0.25, 0.3) is 17.8 Å². The number of aromatic nitrogens is 4. The van der Waals surface area contributed by atoms with E-state index < -0.39 is 35.4 Å². The number of morpholine rings is 1. The molecule has 2 aliphatic rings. The summed E-state index contributed by atoms with van der Waals surface area (Å²) in [5, 5.41) is 11.0. The third-order valence-corrected chi connectivity index (χ3v) is 8.58.